The smallest absolute Gasteiger partial charge is 0.191 e. The maximum atomic E-state index is 5.11. The van der Waals surface area contributed by atoms with E-state index in [9.17, 15) is 0 Å². The van der Waals surface area contributed by atoms with Crippen LogP contribution in [-0.2, 0) is 0 Å². The van der Waals surface area contributed by atoms with E-state index in [4.69, 9.17) is 4.42 Å². The van der Waals surface area contributed by atoms with E-state index in [1.807, 2.05) is 19.1 Å². The van der Waals surface area contributed by atoms with Crippen LogP contribution in [-0.4, -0.2) is 4.98 Å². The van der Waals surface area contributed by atoms with Crippen LogP contribution < -0.4 is 0 Å². The molecule has 2 aromatic heterocycles. The van der Waals surface area contributed by atoms with Crippen molar-refractivity contribution in [2.24, 2.45) is 0 Å². The molecule has 0 bridgehead atoms. The fourth-order valence-corrected chi connectivity index (χ4v) is 2.26. The molecule has 0 saturated carbocycles. The SMILES string of the molecule is Cc1nc(-c2ccc(Br)s2)co1. The fraction of sp³-hybridized carbons (Fsp3) is 0.125. The van der Waals surface area contributed by atoms with Gasteiger partial charge in [-0.2, -0.15) is 0 Å². The summed E-state index contributed by atoms with van der Waals surface area (Å²) in [5, 5.41) is 0. The highest BCUT2D eigenvalue weighted by atomic mass is 79.9. The van der Waals surface area contributed by atoms with Gasteiger partial charge in [0.05, 0.1) is 8.66 Å². The van der Waals surface area contributed by atoms with Gasteiger partial charge in [-0.3, -0.25) is 0 Å². The summed E-state index contributed by atoms with van der Waals surface area (Å²) < 4.78 is 6.22. The van der Waals surface area contributed by atoms with Crippen LogP contribution in [0.1, 0.15) is 5.89 Å². The molecule has 0 aliphatic rings. The van der Waals surface area contributed by atoms with E-state index in [0.29, 0.717) is 5.89 Å². The third-order valence-corrected chi connectivity index (χ3v) is 3.09. The first-order valence-corrected chi connectivity index (χ1v) is 5.04. The lowest BCUT2D eigenvalue weighted by molar-refractivity contribution is 0.521. The summed E-state index contributed by atoms with van der Waals surface area (Å²) in [4.78, 5) is 5.34. The second-order valence-electron chi connectivity index (χ2n) is 2.36. The summed E-state index contributed by atoms with van der Waals surface area (Å²) in [7, 11) is 0. The van der Waals surface area contributed by atoms with E-state index >= 15 is 0 Å². The first kappa shape index (κ1) is 8.01. The molecule has 0 atom stereocenters. The summed E-state index contributed by atoms with van der Waals surface area (Å²) >= 11 is 5.04. The summed E-state index contributed by atoms with van der Waals surface area (Å²) in [6.45, 7) is 1.84. The van der Waals surface area contributed by atoms with Crippen molar-refractivity contribution in [3.8, 4) is 10.6 Å². The Balaban J connectivity index is 2.43. The minimum atomic E-state index is 0.703. The number of thiophene rings is 1. The van der Waals surface area contributed by atoms with Gasteiger partial charge >= 0.3 is 0 Å². The highest BCUT2D eigenvalue weighted by molar-refractivity contribution is 9.11. The first-order chi connectivity index (χ1) is 5.75. The lowest BCUT2D eigenvalue weighted by atomic mass is 10.4. The number of hydrogen-bond acceptors (Lipinski definition) is 3. The lowest BCUT2D eigenvalue weighted by Gasteiger charge is -1.83. The summed E-state index contributed by atoms with van der Waals surface area (Å²) in [5.41, 5.74) is 0.906. The van der Waals surface area contributed by atoms with E-state index in [2.05, 4.69) is 20.9 Å². The van der Waals surface area contributed by atoms with Crippen LogP contribution in [0.3, 0.4) is 0 Å². The van der Waals surface area contributed by atoms with Crippen molar-refractivity contribution >= 4 is 27.3 Å². The third kappa shape index (κ3) is 1.44. The number of oxazole rings is 1. The van der Waals surface area contributed by atoms with Gasteiger partial charge in [0.25, 0.3) is 0 Å². The van der Waals surface area contributed by atoms with Gasteiger partial charge in [0.15, 0.2) is 5.89 Å². The molecule has 0 radical (unpaired) electrons. The highest BCUT2D eigenvalue weighted by Crippen LogP contribution is 2.30. The van der Waals surface area contributed by atoms with E-state index in [1.165, 1.54) is 0 Å². The number of rotatable bonds is 1. The molecule has 12 heavy (non-hydrogen) atoms. The average Bonchev–Trinajstić information content (AvgIpc) is 2.58. The molecule has 0 unspecified atom stereocenters. The maximum Gasteiger partial charge on any atom is 0.191 e. The van der Waals surface area contributed by atoms with Crippen molar-refractivity contribution in [2.75, 3.05) is 0 Å². The number of nitrogens with zero attached hydrogens (tertiary/aromatic N) is 1. The van der Waals surface area contributed by atoms with E-state index in [1.54, 1.807) is 17.6 Å². The van der Waals surface area contributed by atoms with Gasteiger partial charge in [0.1, 0.15) is 12.0 Å². The van der Waals surface area contributed by atoms with Crippen LogP contribution in [0.2, 0.25) is 0 Å². The van der Waals surface area contributed by atoms with Crippen LogP contribution >= 0.6 is 27.3 Å². The van der Waals surface area contributed by atoms with Crippen molar-refractivity contribution in [2.45, 2.75) is 6.92 Å². The molecule has 62 valence electrons. The normalized spacial score (nSPS) is 10.5. The van der Waals surface area contributed by atoms with E-state index in [0.717, 1.165) is 14.4 Å². The molecule has 0 spiro atoms. The number of aryl methyl sites for hydroxylation is 1. The molecule has 2 nitrogen and oxygen atoms in total. The molecule has 0 amide bonds. The Kier molecular flexibility index (Phi) is 2.02. The second kappa shape index (κ2) is 3.03. The Labute approximate surface area is 82.4 Å². The van der Waals surface area contributed by atoms with Gasteiger partial charge in [-0.05, 0) is 28.1 Å². The number of halogens is 1. The van der Waals surface area contributed by atoms with Crippen molar-refractivity contribution in [1.82, 2.24) is 4.98 Å². The van der Waals surface area contributed by atoms with Crippen molar-refractivity contribution in [3.63, 3.8) is 0 Å². The van der Waals surface area contributed by atoms with Crippen LogP contribution in [0.4, 0.5) is 0 Å². The van der Waals surface area contributed by atoms with Crippen LogP contribution in [0.25, 0.3) is 10.6 Å². The van der Waals surface area contributed by atoms with Crippen molar-refractivity contribution in [3.05, 3.63) is 28.1 Å². The van der Waals surface area contributed by atoms with E-state index in [-0.39, 0.29) is 0 Å². The molecule has 2 rings (SSSR count). The van der Waals surface area contributed by atoms with Gasteiger partial charge in [0, 0.05) is 6.92 Å². The molecule has 4 heteroatoms. The molecule has 2 aromatic rings. The van der Waals surface area contributed by atoms with Gasteiger partial charge < -0.3 is 4.42 Å². The Morgan fingerprint density at radius 1 is 1.50 bits per heavy atom. The fourth-order valence-electron chi connectivity index (χ4n) is 0.929. The molecule has 2 heterocycles. The largest absolute Gasteiger partial charge is 0.449 e. The predicted molar refractivity (Wildman–Crippen MR) is 52.3 cm³/mol. The zero-order valence-electron chi connectivity index (χ0n) is 6.37. The molecular weight excluding hydrogens is 238 g/mol. The minimum absolute atomic E-state index is 0.703. The zero-order chi connectivity index (χ0) is 8.55. The Bertz CT molecular complexity index is 355. The summed E-state index contributed by atoms with van der Waals surface area (Å²) in [6, 6.07) is 4.02. The topological polar surface area (TPSA) is 26.0 Å². The predicted octanol–water partition coefficient (Wildman–Crippen LogP) is 3.47. The molecule has 0 aliphatic carbocycles. The average molecular weight is 244 g/mol. The van der Waals surface area contributed by atoms with Crippen LogP contribution in [0, 0.1) is 6.92 Å². The molecule has 0 aromatic carbocycles. The maximum absolute atomic E-state index is 5.11. The Hall–Kier alpha value is -0.610. The molecular formula is C8H6BrNOS. The van der Waals surface area contributed by atoms with Crippen molar-refractivity contribution in [1.29, 1.82) is 0 Å². The van der Waals surface area contributed by atoms with Gasteiger partial charge in [-0.1, -0.05) is 0 Å². The molecule has 0 N–H and O–H groups in total. The summed E-state index contributed by atoms with van der Waals surface area (Å²) in [6.07, 6.45) is 1.67. The van der Waals surface area contributed by atoms with Crippen molar-refractivity contribution < 1.29 is 4.42 Å². The molecule has 0 aliphatic heterocycles. The second-order valence-corrected chi connectivity index (χ2v) is 4.82. The number of aromatic nitrogens is 1. The Morgan fingerprint density at radius 2 is 2.33 bits per heavy atom. The quantitative estimate of drug-likeness (QED) is 0.767. The standard InChI is InChI=1S/C8H6BrNOS/c1-5-10-6(4-11-5)7-2-3-8(9)12-7/h2-4H,1H3. The Morgan fingerprint density at radius 3 is 2.83 bits per heavy atom. The van der Waals surface area contributed by atoms with Gasteiger partial charge in [-0.15, -0.1) is 11.3 Å². The van der Waals surface area contributed by atoms with Crippen LogP contribution in [0.15, 0.2) is 26.6 Å². The highest BCUT2D eigenvalue weighted by Gasteiger charge is 2.04. The van der Waals surface area contributed by atoms with Gasteiger partial charge in [0.2, 0.25) is 0 Å². The molecule has 0 fully saturated rings. The van der Waals surface area contributed by atoms with E-state index < -0.39 is 0 Å². The molecule has 0 saturated heterocycles. The monoisotopic (exact) mass is 243 g/mol. The number of hydrogen-bond donors (Lipinski definition) is 0. The third-order valence-electron chi connectivity index (χ3n) is 1.44. The van der Waals surface area contributed by atoms with Gasteiger partial charge in [-0.25, -0.2) is 4.98 Å². The summed E-state index contributed by atoms with van der Waals surface area (Å²) in [5.74, 6) is 0.703. The van der Waals surface area contributed by atoms with Crippen LogP contribution in [0.5, 0.6) is 0 Å². The lowest BCUT2D eigenvalue weighted by Crippen LogP contribution is -1.70. The first-order valence-electron chi connectivity index (χ1n) is 3.43. The minimum Gasteiger partial charge on any atom is -0.449 e. The zero-order valence-corrected chi connectivity index (χ0v) is 8.78.